The number of rotatable bonds is 18. The van der Waals surface area contributed by atoms with E-state index in [4.69, 9.17) is 0 Å². The average molecular weight is 420 g/mol. The summed E-state index contributed by atoms with van der Waals surface area (Å²) in [6.07, 6.45) is 21.6. The summed E-state index contributed by atoms with van der Waals surface area (Å²) in [4.78, 5) is 21.5. The van der Waals surface area contributed by atoms with Crippen molar-refractivity contribution >= 4 is 11.9 Å². The van der Waals surface area contributed by atoms with Crippen LogP contribution in [0.25, 0.3) is 0 Å². The van der Waals surface area contributed by atoms with E-state index in [0.29, 0.717) is 6.42 Å². The standard InChI is InChI=1S/C22H39NO4.CH4.Na/c1-2-20(24)17-15-13-11-9-7-5-3-4-6-8-10-12-14-16-18-21(25)23-19-22(26)27;;/h10-13,20,24H,2-9,14-19H2,1H3,(H,23,25)(H,26,27);1H4;/q;;+1/p-1/b12-10-,13-11-;;. The van der Waals surface area contributed by atoms with Gasteiger partial charge in [0.2, 0.25) is 5.91 Å². The number of aliphatic hydroxyl groups excluding tert-OH is 1. The van der Waals surface area contributed by atoms with Crippen LogP contribution in [0.1, 0.15) is 97.8 Å². The molecule has 0 aromatic carbocycles. The smallest absolute Gasteiger partial charge is 0.548 e. The molecule has 0 aliphatic carbocycles. The van der Waals surface area contributed by atoms with Gasteiger partial charge in [0.15, 0.2) is 0 Å². The van der Waals surface area contributed by atoms with Crippen molar-refractivity contribution < 1.29 is 49.4 Å². The van der Waals surface area contributed by atoms with Crippen molar-refractivity contribution in [1.29, 1.82) is 0 Å². The van der Waals surface area contributed by atoms with Gasteiger partial charge >= 0.3 is 29.6 Å². The predicted molar refractivity (Wildman–Crippen MR) is 115 cm³/mol. The molecule has 6 heteroatoms. The van der Waals surface area contributed by atoms with E-state index in [1.54, 1.807) is 0 Å². The zero-order valence-electron chi connectivity index (χ0n) is 18.0. The molecule has 0 heterocycles. The molecule has 0 rings (SSSR count). The Morgan fingerprint density at radius 3 is 1.90 bits per heavy atom. The number of carbonyl (C=O) groups excluding carboxylic acids is 2. The summed E-state index contributed by atoms with van der Waals surface area (Å²) < 4.78 is 0. The molecule has 0 bridgehead atoms. The minimum atomic E-state index is -1.26. The van der Waals surface area contributed by atoms with Crippen LogP contribution in [0.2, 0.25) is 0 Å². The van der Waals surface area contributed by atoms with Crippen LogP contribution in [-0.4, -0.2) is 29.6 Å². The first kappa shape index (κ1) is 33.0. The first-order valence-electron chi connectivity index (χ1n) is 10.5. The van der Waals surface area contributed by atoms with Crippen molar-refractivity contribution in [2.45, 2.75) is 104 Å². The molecule has 0 aromatic rings. The molecule has 5 nitrogen and oxygen atoms in total. The molecule has 1 atom stereocenters. The van der Waals surface area contributed by atoms with Crippen molar-refractivity contribution in [2.75, 3.05) is 6.54 Å². The molecule has 0 saturated carbocycles. The molecule has 0 saturated heterocycles. The van der Waals surface area contributed by atoms with Gasteiger partial charge < -0.3 is 20.3 Å². The summed E-state index contributed by atoms with van der Waals surface area (Å²) in [7, 11) is 0. The minimum Gasteiger partial charge on any atom is -0.548 e. The molecule has 0 aliphatic heterocycles. The number of aliphatic carboxylic acids is 1. The first-order chi connectivity index (χ1) is 13.1. The van der Waals surface area contributed by atoms with Crippen LogP contribution in [-0.2, 0) is 9.59 Å². The van der Waals surface area contributed by atoms with Gasteiger partial charge in [0.1, 0.15) is 0 Å². The summed E-state index contributed by atoms with van der Waals surface area (Å²) >= 11 is 0. The maximum atomic E-state index is 11.3. The van der Waals surface area contributed by atoms with Gasteiger partial charge in [-0.2, -0.15) is 0 Å². The third kappa shape index (κ3) is 27.4. The summed E-state index contributed by atoms with van der Waals surface area (Å²) in [6.45, 7) is 1.60. The van der Waals surface area contributed by atoms with Crippen LogP contribution in [0.3, 0.4) is 0 Å². The summed E-state index contributed by atoms with van der Waals surface area (Å²) in [5, 5.41) is 21.9. The topological polar surface area (TPSA) is 89.5 Å². The molecule has 0 fully saturated rings. The Hall–Kier alpha value is -0.620. The van der Waals surface area contributed by atoms with Crippen molar-refractivity contribution in [1.82, 2.24) is 5.32 Å². The molecule has 0 aromatic heterocycles. The molecule has 0 radical (unpaired) electrons. The Bertz CT molecular complexity index is 439. The quantitative estimate of drug-likeness (QED) is 0.197. The van der Waals surface area contributed by atoms with Gasteiger partial charge in [0.05, 0.1) is 18.6 Å². The number of nitrogens with one attached hydrogen (secondary N) is 1. The van der Waals surface area contributed by atoms with E-state index < -0.39 is 12.5 Å². The Balaban J connectivity index is -0.00000338. The molecule has 1 unspecified atom stereocenters. The number of carboxylic acids is 1. The number of hydrogen-bond acceptors (Lipinski definition) is 4. The molecular formula is C23H42NNaO4. The molecule has 2 N–H and O–H groups in total. The third-order valence-electron chi connectivity index (χ3n) is 4.42. The van der Waals surface area contributed by atoms with Crippen LogP contribution in [0.4, 0.5) is 0 Å². The number of aliphatic hydroxyl groups is 1. The Labute approximate surface area is 200 Å². The van der Waals surface area contributed by atoms with Crippen molar-refractivity contribution in [2.24, 2.45) is 0 Å². The van der Waals surface area contributed by atoms with Gasteiger partial charge in [-0.25, -0.2) is 0 Å². The van der Waals surface area contributed by atoms with E-state index in [2.05, 4.69) is 29.6 Å². The predicted octanol–water partition coefficient (Wildman–Crippen LogP) is 1.06. The van der Waals surface area contributed by atoms with Crippen molar-refractivity contribution in [3.05, 3.63) is 24.3 Å². The molecule has 164 valence electrons. The fraction of sp³-hybridized carbons (Fsp3) is 0.739. The van der Waals surface area contributed by atoms with Crippen molar-refractivity contribution in [3.8, 4) is 0 Å². The van der Waals surface area contributed by atoms with E-state index in [1.165, 1.54) is 32.1 Å². The van der Waals surface area contributed by atoms with E-state index in [9.17, 15) is 19.8 Å². The number of hydrogen-bond donors (Lipinski definition) is 2. The van der Waals surface area contributed by atoms with Crippen LogP contribution in [0.5, 0.6) is 0 Å². The molecule has 29 heavy (non-hydrogen) atoms. The van der Waals surface area contributed by atoms with E-state index >= 15 is 0 Å². The second-order valence-electron chi connectivity index (χ2n) is 6.97. The van der Waals surface area contributed by atoms with Gasteiger partial charge in [-0.15, -0.1) is 0 Å². The number of allylic oxidation sites excluding steroid dienone is 4. The minimum absolute atomic E-state index is 0. The van der Waals surface area contributed by atoms with E-state index in [1.807, 2.05) is 6.92 Å². The second kappa shape index (κ2) is 25.4. The molecular weight excluding hydrogens is 377 g/mol. The molecule has 1 amide bonds. The second-order valence-corrected chi connectivity index (χ2v) is 6.97. The number of amides is 1. The zero-order valence-corrected chi connectivity index (χ0v) is 20.0. The van der Waals surface area contributed by atoms with Crippen LogP contribution >= 0.6 is 0 Å². The van der Waals surface area contributed by atoms with E-state index in [0.717, 1.165) is 44.9 Å². The summed E-state index contributed by atoms with van der Waals surface area (Å²) in [6, 6.07) is 0. The van der Waals surface area contributed by atoms with Gasteiger partial charge in [-0.1, -0.05) is 57.9 Å². The average Bonchev–Trinajstić information content (AvgIpc) is 2.65. The van der Waals surface area contributed by atoms with Gasteiger partial charge in [-0.05, 0) is 57.8 Å². The monoisotopic (exact) mass is 419 g/mol. The fourth-order valence-electron chi connectivity index (χ4n) is 2.66. The van der Waals surface area contributed by atoms with Gasteiger partial charge in [0, 0.05) is 6.42 Å². The zero-order chi connectivity index (χ0) is 20.2. The summed E-state index contributed by atoms with van der Waals surface area (Å²) in [5.74, 6) is -1.50. The van der Waals surface area contributed by atoms with E-state index in [-0.39, 0.29) is 49.0 Å². The van der Waals surface area contributed by atoms with Gasteiger partial charge in [-0.3, -0.25) is 4.79 Å². The first-order valence-corrected chi connectivity index (χ1v) is 10.5. The summed E-state index contributed by atoms with van der Waals surface area (Å²) in [5.41, 5.74) is 0. The van der Waals surface area contributed by atoms with Crippen LogP contribution in [0.15, 0.2) is 24.3 Å². The fourth-order valence-corrected chi connectivity index (χ4v) is 2.66. The van der Waals surface area contributed by atoms with Gasteiger partial charge in [0.25, 0.3) is 0 Å². The Morgan fingerprint density at radius 2 is 1.38 bits per heavy atom. The van der Waals surface area contributed by atoms with Crippen LogP contribution in [0, 0.1) is 0 Å². The third-order valence-corrected chi connectivity index (χ3v) is 4.42. The number of carbonyl (C=O) groups is 2. The normalized spacial score (nSPS) is 11.8. The molecule has 0 aliphatic rings. The molecule has 0 spiro atoms. The Kier molecular flexibility index (Phi) is 28.9. The maximum Gasteiger partial charge on any atom is 1.00 e. The number of carboxylic acid groups (broad SMARTS) is 1. The SMILES string of the molecule is C.CCC(O)CC/C=C\CCCCCCC/C=C\CCCC(=O)NCC(=O)[O-].[Na+]. The maximum absolute atomic E-state index is 11.3. The largest absolute Gasteiger partial charge is 1.00 e. The Morgan fingerprint density at radius 1 is 0.897 bits per heavy atom. The number of unbranched alkanes of at least 4 members (excludes halogenated alkanes) is 7. The van der Waals surface area contributed by atoms with Crippen LogP contribution < -0.4 is 40.0 Å². The van der Waals surface area contributed by atoms with Crippen molar-refractivity contribution in [3.63, 3.8) is 0 Å².